The second kappa shape index (κ2) is 3.86. The van der Waals surface area contributed by atoms with Crippen molar-refractivity contribution in [3.05, 3.63) is 29.8 Å². The van der Waals surface area contributed by atoms with Gasteiger partial charge in [0.2, 0.25) is 0 Å². The molecular formula is C13H19NO. The van der Waals surface area contributed by atoms with Crippen LogP contribution in [0.4, 0.5) is 0 Å². The van der Waals surface area contributed by atoms with Gasteiger partial charge >= 0.3 is 0 Å². The number of hydrogen-bond donors (Lipinski definition) is 1. The predicted molar refractivity (Wildman–Crippen MR) is 62.4 cm³/mol. The second-order valence-corrected chi connectivity index (χ2v) is 4.32. The lowest BCUT2D eigenvalue weighted by molar-refractivity contribution is 0.220. The molecule has 1 spiro atoms. The van der Waals surface area contributed by atoms with Gasteiger partial charge in [-0.25, -0.2) is 0 Å². The molecule has 15 heavy (non-hydrogen) atoms. The van der Waals surface area contributed by atoms with E-state index >= 15 is 0 Å². The van der Waals surface area contributed by atoms with Crippen molar-refractivity contribution in [2.75, 3.05) is 19.7 Å². The lowest BCUT2D eigenvalue weighted by Gasteiger charge is -2.32. The molecule has 1 saturated heterocycles. The Labute approximate surface area is 91.6 Å². The molecule has 0 radical (unpaired) electrons. The number of piperidine rings is 1. The molecule has 2 heteroatoms. The largest absolute Gasteiger partial charge is 0.492 e. The Morgan fingerprint density at radius 1 is 1.13 bits per heavy atom. The first-order chi connectivity index (χ1) is 6.91. The van der Waals surface area contributed by atoms with Crippen LogP contribution in [0.1, 0.15) is 25.8 Å². The minimum Gasteiger partial charge on any atom is -0.492 e. The summed E-state index contributed by atoms with van der Waals surface area (Å²) in [6.45, 7) is 3.13. The van der Waals surface area contributed by atoms with E-state index in [1.807, 2.05) is 0 Å². The summed E-state index contributed by atoms with van der Waals surface area (Å²) in [5.74, 6) is 1.11. The Morgan fingerprint density at radius 2 is 1.87 bits per heavy atom. The SMILES string of the molecule is C.c1ccc2c(c1)OCC21CCNCC1. The van der Waals surface area contributed by atoms with Gasteiger partial charge in [0, 0.05) is 11.0 Å². The summed E-state index contributed by atoms with van der Waals surface area (Å²) in [5.41, 5.74) is 1.75. The first kappa shape index (κ1) is 10.5. The highest BCUT2D eigenvalue weighted by Crippen LogP contribution is 2.43. The van der Waals surface area contributed by atoms with E-state index in [0.717, 1.165) is 25.4 Å². The van der Waals surface area contributed by atoms with Crippen LogP contribution in [0, 0.1) is 0 Å². The average Bonchev–Trinajstić information content (AvgIpc) is 2.60. The Morgan fingerprint density at radius 3 is 2.67 bits per heavy atom. The quantitative estimate of drug-likeness (QED) is 0.702. The molecule has 0 atom stereocenters. The van der Waals surface area contributed by atoms with Crippen LogP contribution in [-0.4, -0.2) is 19.7 Å². The topological polar surface area (TPSA) is 21.3 Å². The van der Waals surface area contributed by atoms with Crippen molar-refractivity contribution in [2.45, 2.75) is 25.7 Å². The molecule has 0 aliphatic carbocycles. The minimum absolute atomic E-state index is 0. The van der Waals surface area contributed by atoms with Crippen molar-refractivity contribution in [1.82, 2.24) is 5.32 Å². The summed E-state index contributed by atoms with van der Waals surface area (Å²) in [6, 6.07) is 8.50. The molecule has 1 fully saturated rings. The number of hydrogen-bond acceptors (Lipinski definition) is 2. The highest BCUT2D eigenvalue weighted by atomic mass is 16.5. The number of fused-ring (bicyclic) bond motifs is 2. The Kier molecular flexibility index (Phi) is 2.70. The van der Waals surface area contributed by atoms with E-state index in [9.17, 15) is 0 Å². The summed E-state index contributed by atoms with van der Waals surface area (Å²) >= 11 is 0. The van der Waals surface area contributed by atoms with Crippen molar-refractivity contribution in [1.29, 1.82) is 0 Å². The maximum absolute atomic E-state index is 5.76. The minimum atomic E-state index is 0. The highest BCUT2D eigenvalue weighted by molar-refractivity contribution is 5.43. The molecule has 2 aliphatic heterocycles. The number of rotatable bonds is 0. The Hall–Kier alpha value is -1.02. The smallest absolute Gasteiger partial charge is 0.123 e. The first-order valence-electron chi connectivity index (χ1n) is 5.34. The normalized spacial score (nSPS) is 21.6. The fraction of sp³-hybridized carbons (Fsp3) is 0.538. The molecule has 2 heterocycles. The fourth-order valence-corrected chi connectivity index (χ4v) is 2.64. The molecule has 0 amide bonds. The molecule has 0 bridgehead atoms. The highest BCUT2D eigenvalue weighted by Gasteiger charge is 2.40. The van der Waals surface area contributed by atoms with Gasteiger partial charge in [0.1, 0.15) is 5.75 Å². The average molecular weight is 205 g/mol. The number of ether oxygens (including phenoxy) is 1. The van der Waals surface area contributed by atoms with Gasteiger partial charge in [-0.2, -0.15) is 0 Å². The van der Waals surface area contributed by atoms with Crippen molar-refractivity contribution < 1.29 is 4.74 Å². The zero-order chi connectivity index (χ0) is 9.43. The lowest BCUT2D eigenvalue weighted by Crippen LogP contribution is -2.40. The predicted octanol–water partition coefficient (Wildman–Crippen LogP) is 2.34. The van der Waals surface area contributed by atoms with Crippen LogP contribution in [-0.2, 0) is 5.41 Å². The van der Waals surface area contributed by atoms with Gasteiger partial charge in [-0.15, -0.1) is 0 Å². The number of para-hydroxylation sites is 1. The maximum Gasteiger partial charge on any atom is 0.123 e. The van der Waals surface area contributed by atoms with E-state index in [4.69, 9.17) is 4.74 Å². The van der Waals surface area contributed by atoms with E-state index in [1.165, 1.54) is 18.4 Å². The molecular weight excluding hydrogens is 186 g/mol. The van der Waals surface area contributed by atoms with Gasteiger partial charge in [0.25, 0.3) is 0 Å². The van der Waals surface area contributed by atoms with Crippen molar-refractivity contribution in [3.8, 4) is 5.75 Å². The molecule has 2 aliphatic rings. The fourth-order valence-electron chi connectivity index (χ4n) is 2.64. The number of benzene rings is 1. The van der Waals surface area contributed by atoms with Gasteiger partial charge in [0.15, 0.2) is 0 Å². The first-order valence-corrected chi connectivity index (χ1v) is 5.34. The molecule has 0 aromatic heterocycles. The van der Waals surface area contributed by atoms with Gasteiger partial charge in [-0.1, -0.05) is 25.6 Å². The van der Waals surface area contributed by atoms with Crippen molar-refractivity contribution in [2.24, 2.45) is 0 Å². The monoisotopic (exact) mass is 205 g/mol. The molecule has 0 saturated carbocycles. The van der Waals surface area contributed by atoms with E-state index in [2.05, 4.69) is 29.6 Å². The van der Waals surface area contributed by atoms with Gasteiger partial charge in [0.05, 0.1) is 6.61 Å². The third-order valence-electron chi connectivity index (χ3n) is 3.52. The van der Waals surface area contributed by atoms with Crippen molar-refractivity contribution >= 4 is 0 Å². The summed E-state index contributed by atoms with van der Waals surface area (Å²) in [4.78, 5) is 0. The summed E-state index contributed by atoms with van der Waals surface area (Å²) in [5, 5.41) is 3.41. The summed E-state index contributed by atoms with van der Waals surface area (Å²) in [6.07, 6.45) is 2.42. The molecule has 1 aromatic carbocycles. The van der Waals surface area contributed by atoms with Crippen LogP contribution in [0.2, 0.25) is 0 Å². The summed E-state index contributed by atoms with van der Waals surface area (Å²) in [7, 11) is 0. The van der Waals surface area contributed by atoms with E-state index in [0.29, 0.717) is 5.41 Å². The van der Waals surface area contributed by atoms with E-state index in [-0.39, 0.29) is 7.43 Å². The van der Waals surface area contributed by atoms with Crippen LogP contribution >= 0.6 is 0 Å². The van der Waals surface area contributed by atoms with E-state index in [1.54, 1.807) is 0 Å². The number of nitrogens with one attached hydrogen (secondary N) is 1. The van der Waals surface area contributed by atoms with Crippen molar-refractivity contribution in [3.63, 3.8) is 0 Å². The van der Waals surface area contributed by atoms with Gasteiger partial charge in [-0.05, 0) is 32.0 Å². The van der Waals surface area contributed by atoms with Crippen LogP contribution in [0.5, 0.6) is 5.75 Å². The molecule has 82 valence electrons. The standard InChI is InChI=1S/C12H15NO.CH4/c1-2-4-11-10(3-1)12(9-14-11)5-7-13-8-6-12;/h1-4,13H,5-9H2;1H4. The Balaban J connectivity index is 0.000000853. The van der Waals surface area contributed by atoms with Crippen LogP contribution < -0.4 is 10.1 Å². The van der Waals surface area contributed by atoms with Crippen LogP contribution in [0.15, 0.2) is 24.3 Å². The maximum atomic E-state index is 5.76. The molecule has 1 aromatic rings. The third-order valence-corrected chi connectivity index (χ3v) is 3.52. The van der Waals surface area contributed by atoms with Crippen LogP contribution in [0.3, 0.4) is 0 Å². The van der Waals surface area contributed by atoms with Crippen LogP contribution in [0.25, 0.3) is 0 Å². The molecule has 0 unspecified atom stereocenters. The van der Waals surface area contributed by atoms with Gasteiger partial charge in [-0.3, -0.25) is 0 Å². The zero-order valence-electron chi connectivity index (χ0n) is 8.25. The summed E-state index contributed by atoms with van der Waals surface area (Å²) < 4.78 is 5.76. The molecule has 1 N–H and O–H groups in total. The third kappa shape index (κ3) is 1.53. The van der Waals surface area contributed by atoms with Gasteiger partial charge < -0.3 is 10.1 Å². The molecule has 2 nitrogen and oxygen atoms in total. The second-order valence-electron chi connectivity index (χ2n) is 4.32. The lowest BCUT2D eigenvalue weighted by atomic mass is 9.75. The van der Waals surface area contributed by atoms with E-state index < -0.39 is 0 Å². The zero-order valence-corrected chi connectivity index (χ0v) is 8.25. The Bertz CT molecular complexity index is 337. The molecule has 3 rings (SSSR count).